The molecule has 0 aliphatic carbocycles. The summed E-state index contributed by atoms with van der Waals surface area (Å²) in [5.74, 6) is 0. The molecule has 5 nitrogen and oxygen atoms in total. The van der Waals surface area contributed by atoms with Crippen molar-refractivity contribution in [3.8, 4) is 0 Å². The van der Waals surface area contributed by atoms with Gasteiger partial charge in [-0.3, -0.25) is 4.52 Å². The Morgan fingerprint density at radius 1 is 1.36 bits per heavy atom. The highest BCUT2D eigenvalue weighted by molar-refractivity contribution is 7.46. The van der Waals surface area contributed by atoms with Crippen LogP contribution in [0.5, 0.6) is 0 Å². The van der Waals surface area contributed by atoms with Crippen molar-refractivity contribution < 1.29 is 18.9 Å². The fourth-order valence-electron chi connectivity index (χ4n) is 1.77. The minimum atomic E-state index is -4.32. The molecule has 1 unspecified atom stereocenters. The lowest BCUT2D eigenvalue weighted by Crippen LogP contribution is -2.36. The molecule has 1 aliphatic rings. The molecule has 6 heteroatoms. The zero-order valence-electron chi connectivity index (χ0n) is 8.43. The van der Waals surface area contributed by atoms with E-state index in [-0.39, 0.29) is 0 Å². The van der Waals surface area contributed by atoms with Crippen molar-refractivity contribution in [2.45, 2.75) is 32.3 Å². The Bertz CT molecular complexity index is 211. The summed E-state index contributed by atoms with van der Waals surface area (Å²) in [6.45, 7) is 4.31. The van der Waals surface area contributed by atoms with Crippen molar-refractivity contribution in [1.82, 2.24) is 4.90 Å². The molecule has 1 aliphatic heterocycles. The zero-order valence-corrected chi connectivity index (χ0v) is 9.32. The second-order valence-corrected chi connectivity index (χ2v) is 4.96. The van der Waals surface area contributed by atoms with Gasteiger partial charge in [-0.25, -0.2) is 4.57 Å². The number of nitrogens with zero attached hydrogens (tertiary/aromatic N) is 1. The van der Waals surface area contributed by atoms with Gasteiger partial charge in [0.2, 0.25) is 0 Å². The van der Waals surface area contributed by atoms with Crippen molar-refractivity contribution in [2.75, 3.05) is 19.6 Å². The molecular weight excluding hydrogens is 205 g/mol. The molecule has 0 saturated carbocycles. The van der Waals surface area contributed by atoms with Gasteiger partial charge in [0.05, 0.1) is 6.10 Å². The Morgan fingerprint density at radius 3 is 2.43 bits per heavy atom. The van der Waals surface area contributed by atoms with E-state index in [0.29, 0.717) is 6.54 Å². The average Bonchev–Trinajstić information content (AvgIpc) is 2.02. The molecule has 0 spiro atoms. The monoisotopic (exact) mass is 223 g/mol. The fraction of sp³-hybridized carbons (Fsp3) is 1.00. The lowest BCUT2D eigenvalue weighted by Gasteiger charge is -2.28. The maximum atomic E-state index is 10.5. The minimum Gasteiger partial charge on any atom is -0.303 e. The van der Waals surface area contributed by atoms with Crippen LogP contribution < -0.4 is 0 Å². The van der Waals surface area contributed by atoms with Crippen molar-refractivity contribution in [2.24, 2.45) is 0 Å². The SMILES string of the molecule is CC(CN1CCCCC1)OP(=O)(O)O. The molecule has 14 heavy (non-hydrogen) atoms. The molecule has 1 saturated heterocycles. The maximum Gasteiger partial charge on any atom is 0.469 e. The Balaban J connectivity index is 2.25. The van der Waals surface area contributed by atoms with Crippen molar-refractivity contribution >= 4 is 7.82 Å². The molecule has 2 N–H and O–H groups in total. The molecule has 1 atom stereocenters. The lowest BCUT2D eigenvalue weighted by molar-refractivity contribution is 0.0972. The number of hydrogen-bond donors (Lipinski definition) is 2. The van der Waals surface area contributed by atoms with Gasteiger partial charge >= 0.3 is 7.82 Å². The molecule has 1 rings (SSSR count). The van der Waals surface area contributed by atoms with E-state index in [1.54, 1.807) is 6.92 Å². The Labute approximate surface area is 84.3 Å². The van der Waals surface area contributed by atoms with Gasteiger partial charge in [-0.15, -0.1) is 0 Å². The molecule has 0 aromatic heterocycles. The van der Waals surface area contributed by atoms with Gasteiger partial charge in [0.15, 0.2) is 0 Å². The Hall–Kier alpha value is 0.0700. The van der Waals surface area contributed by atoms with Crippen molar-refractivity contribution in [3.05, 3.63) is 0 Å². The van der Waals surface area contributed by atoms with E-state index in [9.17, 15) is 4.57 Å². The zero-order chi connectivity index (χ0) is 10.6. The normalized spacial score (nSPS) is 22.2. The number of rotatable bonds is 4. The van der Waals surface area contributed by atoms with Crippen molar-refractivity contribution in [1.29, 1.82) is 0 Å². The second-order valence-electron chi connectivity index (χ2n) is 3.77. The van der Waals surface area contributed by atoms with Crippen LogP contribution in [0.1, 0.15) is 26.2 Å². The summed E-state index contributed by atoms with van der Waals surface area (Å²) < 4.78 is 15.1. The van der Waals surface area contributed by atoms with Crippen LogP contribution in [0, 0.1) is 0 Å². The molecule has 0 bridgehead atoms. The molecule has 0 amide bonds. The number of piperidine rings is 1. The van der Waals surface area contributed by atoms with E-state index in [1.165, 1.54) is 19.3 Å². The number of hydrogen-bond acceptors (Lipinski definition) is 3. The second kappa shape index (κ2) is 5.24. The maximum absolute atomic E-state index is 10.5. The summed E-state index contributed by atoms with van der Waals surface area (Å²) in [4.78, 5) is 19.4. The standard InChI is InChI=1S/C8H18NO4P/c1-8(13-14(10,11)12)7-9-5-3-2-4-6-9/h8H,2-7H2,1H3,(H2,10,11,12). The topological polar surface area (TPSA) is 70.0 Å². The van der Waals surface area contributed by atoms with Crippen LogP contribution in [0.25, 0.3) is 0 Å². The van der Waals surface area contributed by atoms with Crippen LogP contribution in [0.4, 0.5) is 0 Å². The molecular formula is C8H18NO4P. The molecule has 1 heterocycles. The first-order valence-corrected chi connectivity index (χ1v) is 6.47. The summed E-state index contributed by atoms with van der Waals surface area (Å²) in [5.41, 5.74) is 0. The molecule has 0 aromatic carbocycles. The van der Waals surface area contributed by atoms with Crippen LogP contribution in [-0.2, 0) is 9.09 Å². The predicted molar refractivity (Wildman–Crippen MR) is 52.9 cm³/mol. The Morgan fingerprint density at radius 2 is 1.93 bits per heavy atom. The predicted octanol–water partition coefficient (Wildman–Crippen LogP) is 0.970. The van der Waals surface area contributed by atoms with E-state index in [2.05, 4.69) is 9.42 Å². The van der Waals surface area contributed by atoms with Crippen LogP contribution >= 0.6 is 7.82 Å². The van der Waals surface area contributed by atoms with E-state index in [1.807, 2.05) is 0 Å². The first-order valence-electron chi connectivity index (χ1n) is 4.94. The summed E-state index contributed by atoms with van der Waals surface area (Å²) >= 11 is 0. The van der Waals surface area contributed by atoms with Crippen LogP contribution in [0.15, 0.2) is 0 Å². The van der Waals surface area contributed by atoms with Gasteiger partial charge < -0.3 is 14.7 Å². The summed E-state index contributed by atoms with van der Waals surface area (Å²) in [7, 11) is -4.32. The highest BCUT2D eigenvalue weighted by Crippen LogP contribution is 2.37. The third-order valence-electron chi connectivity index (χ3n) is 2.28. The average molecular weight is 223 g/mol. The molecule has 0 radical (unpaired) electrons. The van der Waals surface area contributed by atoms with E-state index in [4.69, 9.17) is 9.79 Å². The van der Waals surface area contributed by atoms with Gasteiger partial charge in [-0.1, -0.05) is 6.42 Å². The lowest BCUT2D eigenvalue weighted by atomic mass is 10.1. The summed E-state index contributed by atoms with van der Waals surface area (Å²) in [6, 6.07) is 0. The van der Waals surface area contributed by atoms with Gasteiger partial charge in [0.1, 0.15) is 0 Å². The first kappa shape index (κ1) is 12.1. The molecule has 1 fully saturated rings. The first-order chi connectivity index (χ1) is 6.47. The third kappa shape index (κ3) is 5.08. The number of phosphoric acid groups is 1. The van der Waals surface area contributed by atoms with Gasteiger partial charge in [-0.05, 0) is 32.9 Å². The summed E-state index contributed by atoms with van der Waals surface area (Å²) in [5, 5.41) is 0. The third-order valence-corrected chi connectivity index (χ3v) is 2.92. The smallest absolute Gasteiger partial charge is 0.303 e. The van der Waals surface area contributed by atoms with Crippen LogP contribution in [0.2, 0.25) is 0 Å². The van der Waals surface area contributed by atoms with Crippen LogP contribution in [-0.4, -0.2) is 40.4 Å². The van der Waals surface area contributed by atoms with Crippen molar-refractivity contribution in [3.63, 3.8) is 0 Å². The Kier molecular flexibility index (Phi) is 4.54. The highest BCUT2D eigenvalue weighted by atomic mass is 31.2. The van der Waals surface area contributed by atoms with Gasteiger partial charge in [0, 0.05) is 6.54 Å². The minimum absolute atomic E-state index is 0.408. The van der Waals surface area contributed by atoms with E-state index in [0.717, 1.165) is 13.1 Å². The van der Waals surface area contributed by atoms with Crippen LogP contribution in [0.3, 0.4) is 0 Å². The highest BCUT2D eigenvalue weighted by Gasteiger charge is 2.21. The van der Waals surface area contributed by atoms with E-state index >= 15 is 0 Å². The van der Waals surface area contributed by atoms with E-state index < -0.39 is 13.9 Å². The number of likely N-dealkylation sites (tertiary alicyclic amines) is 1. The quantitative estimate of drug-likeness (QED) is 0.695. The molecule has 0 aromatic rings. The molecule has 84 valence electrons. The van der Waals surface area contributed by atoms with Gasteiger partial charge in [-0.2, -0.15) is 0 Å². The largest absolute Gasteiger partial charge is 0.469 e. The van der Waals surface area contributed by atoms with Gasteiger partial charge in [0.25, 0.3) is 0 Å². The fourth-order valence-corrected chi connectivity index (χ4v) is 2.31. The number of phosphoric ester groups is 1. The summed E-state index contributed by atoms with van der Waals surface area (Å²) in [6.07, 6.45) is 3.18.